The highest BCUT2D eigenvalue weighted by molar-refractivity contribution is 5.74. The summed E-state index contributed by atoms with van der Waals surface area (Å²) in [4.78, 5) is 17.9. The normalized spacial score (nSPS) is 13.1. The Labute approximate surface area is 475 Å². The lowest BCUT2D eigenvalue weighted by atomic mass is 9.95. The molecule has 0 aliphatic heterocycles. The molecule has 10 rings (SSSR count). The maximum Gasteiger partial charge on any atom is 0.214 e. The van der Waals surface area contributed by atoms with Crippen molar-refractivity contribution < 1.29 is 27.9 Å². The lowest BCUT2D eigenvalue weighted by Gasteiger charge is -2.14. The number of pyridine rings is 8. The van der Waals surface area contributed by atoms with Crippen molar-refractivity contribution in [2.24, 2.45) is 28.2 Å². The third kappa shape index (κ3) is 13.4. The van der Waals surface area contributed by atoms with Crippen LogP contribution in [0.2, 0.25) is 0 Å². The maximum absolute atomic E-state index is 8.10. The number of hydrogen-bond acceptors (Lipinski definition) is 4. The van der Waals surface area contributed by atoms with Gasteiger partial charge in [-0.3, -0.25) is 19.9 Å². The van der Waals surface area contributed by atoms with Gasteiger partial charge in [-0.25, -0.2) is 18.3 Å². The van der Waals surface area contributed by atoms with Gasteiger partial charge in [-0.05, 0) is 175 Å². The molecule has 1 atom stereocenters. The summed E-state index contributed by atoms with van der Waals surface area (Å²) in [6.07, 6.45) is 11.7. The quantitative estimate of drug-likeness (QED) is 0.149. The van der Waals surface area contributed by atoms with Crippen LogP contribution >= 0.6 is 0 Å². The Hall–Kier alpha value is -8.36. The van der Waals surface area contributed by atoms with Gasteiger partial charge in [0.1, 0.15) is 28.2 Å². The highest BCUT2D eigenvalue weighted by Gasteiger charge is 2.21. The molecule has 0 amide bonds. The molecule has 0 fully saturated rings. The Balaban J connectivity index is 0.000000168. The summed E-state index contributed by atoms with van der Waals surface area (Å²) in [5.41, 5.74) is 25.1. The van der Waals surface area contributed by atoms with Crippen LogP contribution in [0, 0.1) is 76.1 Å². The third-order valence-electron chi connectivity index (χ3n) is 14.2. The van der Waals surface area contributed by atoms with Crippen LogP contribution in [0.4, 0.5) is 0 Å². The number of rotatable bonds is 7. The summed E-state index contributed by atoms with van der Waals surface area (Å²) in [5, 5.41) is 0. The molecule has 0 spiro atoms. The van der Waals surface area contributed by atoms with Crippen molar-refractivity contribution in [3.05, 3.63) is 238 Å². The molecule has 8 aromatic heterocycles. The number of aromatic nitrogens is 8. The highest BCUT2D eigenvalue weighted by Crippen LogP contribution is 2.33. The van der Waals surface area contributed by atoms with Crippen LogP contribution in [0.1, 0.15) is 96.7 Å². The van der Waals surface area contributed by atoms with E-state index in [0.29, 0.717) is 0 Å². The van der Waals surface area contributed by atoms with Crippen LogP contribution in [0.15, 0.2) is 171 Å². The Morgan fingerprint density at radius 2 is 0.962 bits per heavy atom. The second kappa shape index (κ2) is 25.7. The molecule has 8 nitrogen and oxygen atoms in total. The average Bonchev–Trinajstić information content (AvgIpc) is 2.89. The summed E-state index contributed by atoms with van der Waals surface area (Å²) in [5.74, 6) is -1.71. The fraction of sp³-hybridized carbons (Fsp3) is 0.257. The highest BCUT2D eigenvalue weighted by atomic mass is 14.9. The van der Waals surface area contributed by atoms with E-state index < -0.39 is 19.6 Å². The van der Waals surface area contributed by atoms with Gasteiger partial charge in [0.15, 0.2) is 24.8 Å². The molecule has 0 aliphatic rings. The second-order valence-corrected chi connectivity index (χ2v) is 20.3. The zero-order valence-corrected chi connectivity index (χ0v) is 48.2. The van der Waals surface area contributed by atoms with Gasteiger partial charge in [0.05, 0.1) is 45.0 Å². The molecule has 1 unspecified atom stereocenters. The van der Waals surface area contributed by atoms with Crippen LogP contribution in [0.25, 0.3) is 67.4 Å². The summed E-state index contributed by atoms with van der Waals surface area (Å²) in [7, 11) is 8.09. The van der Waals surface area contributed by atoms with Crippen LogP contribution in [-0.2, 0) is 28.2 Å². The molecule has 2 aromatic carbocycles. The van der Waals surface area contributed by atoms with Crippen molar-refractivity contribution in [1.82, 2.24) is 19.9 Å². The van der Waals surface area contributed by atoms with Crippen molar-refractivity contribution in [3.8, 4) is 67.4 Å². The monoisotopic (exact) mass is 1040 g/mol. The zero-order valence-electron chi connectivity index (χ0n) is 55.2. The Morgan fingerprint density at radius 3 is 1.49 bits per heavy atom. The standard InChI is InChI=1S/C28H29N2.C15H19N2.C14H17N2.C13H15N2/c1-18-10-7-8-13-24(18)23-14-15-26(30(6)17-23)28-21(4)16-25(29-22(28)5)27-19(2)11-9-12-20(27)3;1-11(2)14-9-12(3)13(10-16-14)15-7-5-6-8-17(15)4;1-10-9-11(2)15-12(3)14(10)13-7-5-6-8-16(13)4;1-10-7-8-14-11(2)13(10)12-6-4-5-9-15(12)3/h7-17H,1-6H3;5-11H,1-4H3;5-9H,1-4H3;4-9H,1-3H3/q4*+1/i;1D3,11D;2D3;. The van der Waals surface area contributed by atoms with E-state index in [9.17, 15) is 0 Å². The van der Waals surface area contributed by atoms with Crippen LogP contribution in [0.3, 0.4) is 0 Å². The van der Waals surface area contributed by atoms with Gasteiger partial charge in [-0.15, -0.1) is 0 Å². The number of hydrogen-bond donors (Lipinski definition) is 0. The van der Waals surface area contributed by atoms with Gasteiger partial charge < -0.3 is 0 Å². The predicted octanol–water partition coefficient (Wildman–Crippen LogP) is 14.1. The fourth-order valence-electron chi connectivity index (χ4n) is 10.2. The average molecular weight is 1040 g/mol. The number of nitrogens with zero attached hydrogens (tertiary/aromatic N) is 8. The molecule has 0 bridgehead atoms. The van der Waals surface area contributed by atoms with Crippen molar-refractivity contribution in [3.63, 3.8) is 0 Å². The van der Waals surface area contributed by atoms with E-state index in [4.69, 9.17) is 14.6 Å². The molecule has 396 valence electrons. The van der Waals surface area contributed by atoms with E-state index in [0.717, 1.165) is 56.4 Å². The first-order valence-corrected chi connectivity index (χ1v) is 26.4. The van der Waals surface area contributed by atoms with Crippen molar-refractivity contribution in [2.75, 3.05) is 0 Å². The lowest BCUT2D eigenvalue weighted by molar-refractivity contribution is -0.660. The smallest absolute Gasteiger partial charge is 0.214 e. The first-order valence-electron chi connectivity index (χ1n) is 29.9. The molecule has 78 heavy (non-hydrogen) atoms. The van der Waals surface area contributed by atoms with E-state index >= 15 is 0 Å². The Kier molecular flexibility index (Phi) is 15.8. The molecule has 0 aliphatic carbocycles. The third-order valence-corrected chi connectivity index (χ3v) is 14.2. The van der Waals surface area contributed by atoms with Crippen LogP contribution < -0.4 is 18.3 Å². The summed E-state index contributed by atoms with van der Waals surface area (Å²) in [6.45, 7) is 17.5. The van der Waals surface area contributed by atoms with Crippen molar-refractivity contribution >= 4 is 0 Å². The molecule has 0 radical (unpaired) electrons. The minimum absolute atomic E-state index is 0.157. The van der Waals surface area contributed by atoms with Gasteiger partial charge in [-0.1, -0.05) is 56.2 Å². The van der Waals surface area contributed by atoms with E-state index in [1.165, 1.54) is 73.9 Å². The van der Waals surface area contributed by atoms with Gasteiger partial charge in [0.2, 0.25) is 22.8 Å². The molecule has 10 aromatic rings. The fourth-order valence-corrected chi connectivity index (χ4v) is 10.2. The van der Waals surface area contributed by atoms with Gasteiger partial charge in [-0.2, -0.15) is 0 Å². The van der Waals surface area contributed by atoms with E-state index in [2.05, 4.69) is 178 Å². The van der Waals surface area contributed by atoms with E-state index in [1.54, 1.807) is 18.3 Å². The predicted molar refractivity (Wildman–Crippen MR) is 320 cm³/mol. The van der Waals surface area contributed by atoms with Crippen molar-refractivity contribution in [2.45, 2.75) is 95.8 Å². The number of benzene rings is 2. The Bertz CT molecular complexity index is 3950. The van der Waals surface area contributed by atoms with Gasteiger partial charge >= 0.3 is 0 Å². The maximum atomic E-state index is 8.10. The van der Waals surface area contributed by atoms with E-state index in [-0.39, 0.29) is 11.4 Å². The molecule has 0 N–H and O–H groups in total. The van der Waals surface area contributed by atoms with Gasteiger partial charge in [0.25, 0.3) is 0 Å². The lowest BCUT2D eigenvalue weighted by Crippen LogP contribution is -2.31. The Morgan fingerprint density at radius 1 is 0.436 bits per heavy atom. The van der Waals surface area contributed by atoms with Crippen LogP contribution in [-0.4, -0.2) is 19.9 Å². The first-order chi connectivity index (χ1) is 40.0. The second-order valence-electron chi connectivity index (χ2n) is 20.3. The van der Waals surface area contributed by atoms with Gasteiger partial charge in [0, 0.05) is 87.0 Å². The summed E-state index contributed by atoms with van der Waals surface area (Å²) in [6, 6.07) is 45.0. The minimum Gasteiger partial charge on any atom is -0.261 e. The largest absolute Gasteiger partial charge is 0.261 e. The first kappa shape index (κ1) is 48.0. The summed E-state index contributed by atoms with van der Waals surface area (Å²) >= 11 is 0. The molecule has 0 saturated heterocycles. The summed E-state index contributed by atoms with van der Waals surface area (Å²) < 4.78 is 61.3. The molecular weight excluding hydrogens is 953 g/mol. The van der Waals surface area contributed by atoms with E-state index in [1.807, 2.05) is 105 Å². The molecule has 8 heteroatoms. The van der Waals surface area contributed by atoms with Crippen molar-refractivity contribution in [1.29, 1.82) is 0 Å². The minimum atomic E-state index is -2.41. The molecule has 0 saturated carbocycles. The number of aryl methyl sites for hydroxylation is 15. The SMILES string of the molecule is Cc1ccccc1-c1ccc(-c2c(C)cc(-c3c(C)cccc3C)nc2C)[n+](C)c1.Cc1ccnc(C)c1-c1cccc[n+]1C.[2H]C([2H])([2H])C([2H])(C)c1cc(C)c(-c2cccc[n+]2C)cn1.[2H]C([2H])([2H])c1cc(C)c(-c2cccc[n+]2C)c(C)n1. The zero-order chi connectivity index (χ0) is 62.3. The van der Waals surface area contributed by atoms with Crippen LogP contribution in [0.5, 0.6) is 0 Å². The molecule has 8 heterocycles. The topological polar surface area (TPSA) is 67.1 Å². The molecular formula is C70H80N8+4.